The molecule has 0 aliphatic heterocycles. The molecule has 146 valence electrons. The maximum Gasteiger partial charge on any atom is 0.248 e. The van der Waals surface area contributed by atoms with Crippen LogP contribution < -0.4 is 11.1 Å². The van der Waals surface area contributed by atoms with Crippen molar-refractivity contribution in [2.75, 3.05) is 6.54 Å². The van der Waals surface area contributed by atoms with Gasteiger partial charge in [0.15, 0.2) is 5.79 Å². The summed E-state index contributed by atoms with van der Waals surface area (Å²) in [4.78, 5) is 11.9. The standard InChI is InChI=1S/C19H23BrN2O5/c20-16-7-5-14(6-8-16)18(24,25)11-9-17(23)22-12-10-13-1-3-15(4-2-13)19(21,26)27/h1-8,24-27H,9-12,21H2,(H,22,23). The highest BCUT2D eigenvalue weighted by Crippen LogP contribution is 2.24. The minimum Gasteiger partial charge on any atom is -0.362 e. The second-order valence-electron chi connectivity index (χ2n) is 6.35. The molecule has 2 aromatic carbocycles. The number of amides is 1. The molecule has 7 N–H and O–H groups in total. The Bertz CT molecular complexity index is 755. The van der Waals surface area contributed by atoms with Gasteiger partial charge in [-0.15, -0.1) is 0 Å². The summed E-state index contributed by atoms with van der Waals surface area (Å²) in [5.41, 5.74) is 6.55. The molecule has 0 aliphatic rings. The Morgan fingerprint density at radius 3 is 2.07 bits per heavy atom. The smallest absolute Gasteiger partial charge is 0.248 e. The number of hydrogen-bond acceptors (Lipinski definition) is 6. The molecule has 0 bridgehead atoms. The highest BCUT2D eigenvalue weighted by Gasteiger charge is 2.26. The molecule has 0 unspecified atom stereocenters. The van der Waals surface area contributed by atoms with Crippen molar-refractivity contribution in [1.29, 1.82) is 0 Å². The Hall–Kier alpha value is -1.81. The fourth-order valence-electron chi connectivity index (χ4n) is 2.50. The van der Waals surface area contributed by atoms with Crippen molar-refractivity contribution in [3.8, 4) is 0 Å². The zero-order valence-electron chi connectivity index (χ0n) is 14.6. The highest BCUT2D eigenvalue weighted by molar-refractivity contribution is 9.10. The molecule has 0 radical (unpaired) electrons. The number of halogens is 1. The van der Waals surface area contributed by atoms with Crippen molar-refractivity contribution in [3.05, 3.63) is 69.7 Å². The Labute approximate surface area is 165 Å². The van der Waals surface area contributed by atoms with Gasteiger partial charge in [0.2, 0.25) is 11.8 Å². The number of carbonyl (C=O) groups is 1. The van der Waals surface area contributed by atoms with Crippen LogP contribution in [0.15, 0.2) is 53.0 Å². The minimum absolute atomic E-state index is 0.0350. The van der Waals surface area contributed by atoms with Gasteiger partial charge >= 0.3 is 0 Å². The fraction of sp³-hybridized carbons (Fsp3) is 0.316. The van der Waals surface area contributed by atoms with Gasteiger partial charge in [-0.05, 0) is 24.1 Å². The molecule has 8 heteroatoms. The van der Waals surface area contributed by atoms with Gasteiger partial charge < -0.3 is 25.7 Å². The monoisotopic (exact) mass is 438 g/mol. The summed E-state index contributed by atoms with van der Waals surface area (Å²) in [7, 11) is 0. The van der Waals surface area contributed by atoms with E-state index in [0.717, 1.165) is 10.0 Å². The lowest BCUT2D eigenvalue weighted by molar-refractivity contribution is -0.177. The van der Waals surface area contributed by atoms with E-state index >= 15 is 0 Å². The molecule has 0 spiro atoms. The SMILES string of the molecule is NC(O)(O)c1ccc(CCNC(=O)CCC(O)(O)c2ccc(Br)cc2)cc1. The molecule has 0 aromatic heterocycles. The van der Waals surface area contributed by atoms with Gasteiger partial charge in [0, 0.05) is 35.0 Å². The van der Waals surface area contributed by atoms with E-state index in [-0.39, 0.29) is 24.3 Å². The Kier molecular flexibility index (Phi) is 7.10. The zero-order chi connectivity index (χ0) is 20.1. The van der Waals surface area contributed by atoms with Crippen LogP contribution in [0.25, 0.3) is 0 Å². The molecule has 27 heavy (non-hydrogen) atoms. The average molecular weight is 439 g/mol. The van der Waals surface area contributed by atoms with Gasteiger partial charge in [-0.2, -0.15) is 0 Å². The molecule has 1 amide bonds. The van der Waals surface area contributed by atoms with Crippen LogP contribution in [0.2, 0.25) is 0 Å². The summed E-state index contributed by atoms with van der Waals surface area (Å²) in [6.07, 6.45) is 0.379. The van der Waals surface area contributed by atoms with E-state index in [1.54, 1.807) is 36.4 Å². The first kappa shape index (κ1) is 21.5. The molecule has 0 saturated heterocycles. The molecule has 0 atom stereocenters. The van der Waals surface area contributed by atoms with E-state index < -0.39 is 11.7 Å². The van der Waals surface area contributed by atoms with E-state index in [1.165, 1.54) is 12.1 Å². The molecule has 0 heterocycles. The van der Waals surface area contributed by atoms with Crippen LogP contribution in [0, 0.1) is 0 Å². The maximum absolute atomic E-state index is 11.9. The molecular weight excluding hydrogens is 416 g/mol. The molecule has 7 nitrogen and oxygen atoms in total. The molecule has 2 rings (SSSR count). The van der Waals surface area contributed by atoms with Gasteiger partial charge in [0.05, 0.1) is 0 Å². The summed E-state index contributed by atoms with van der Waals surface area (Å²) < 4.78 is 0.822. The summed E-state index contributed by atoms with van der Waals surface area (Å²) in [5, 5.41) is 41.5. The lowest BCUT2D eigenvalue weighted by atomic mass is 10.0. The number of aliphatic hydroxyl groups is 4. The van der Waals surface area contributed by atoms with Gasteiger partial charge in [0.25, 0.3) is 0 Å². The van der Waals surface area contributed by atoms with Crippen molar-refractivity contribution < 1.29 is 25.2 Å². The molecule has 0 saturated carbocycles. The summed E-state index contributed by atoms with van der Waals surface area (Å²) in [6, 6.07) is 12.9. The van der Waals surface area contributed by atoms with Crippen molar-refractivity contribution in [2.24, 2.45) is 5.73 Å². The first-order valence-electron chi connectivity index (χ1n) is 8.38. The van der Waals surface area contributed by atoms with Crippen molar-refractivity contribution in [2.45, 2.75) is 31.0 Å². The number of nitrogens with two attached hydrogens (primary N) is 1. The largest absolute Gasteiger partial charge is 0.362 e. The van der Waals surface area contributed by atoms with Crippen LogP contribution in [-0.4, -0.2) is 32.9 Å². The minimum atomic E-state index is -2.37. The normalized spacial score (nSPS) is 12.1. The Balaban J connectivity index is 1.77. The van der Waals surface area contributed by atoms with E-state index in [2.05, 4.69) is 21.2 Å². The molecular formula is C19H23BrN2O5. The van der Waals surface area contributed by atoms with Gasteiger partial charge in [-0.25, -0.2) is 0 Å². The van der Waals surface area contributed by atoms with Crippen LogP contribution in [0.4, 0.5) is 0 Å². The number of hydrogen-bond donors (Lipinski definition) is 6. The fourth-order valence-corrected chi connectivity index (χ4v) is 2.76. The third kappa shape index (κ3) is 6.69. The second-order valence-corrected chi connectivity index (χ2v) is 7.26. The molecule has 2 aromatic rings. The van der Waals surface area contributed by atoms with Crippen LogP contribution in [0.1, 0.15) is 29.5 Å². The lowest BCUT2D eigenvalue weighted by Crippen LogP contribution is -2.35. The van der Waals surface area contributed by atoms with Gasteiger partial charge in [-0.1, -0.05) is 52.3 Å². The molecule has 0 fully saturated rings. The quantitative estimate of drug-likeness (QED) is 0.337. The summed E-state index contributed by atoms with van der Waals surface area (Å²) >= 11 is 3.28. The first-order valence-corrected chi connectivity index (χ1v) is 9.18. The second kappa shape index (κ2) is 8.92. The van der Waals surface area contributed by atoms with Crippen LogP contribution in [0.5, 0.6) is 0 Å². The third-order valence-electron chi connectivity index (χ3n) is 4.12. The van der Waals surface area contributed by atoms with E-state index in [1.807, 2.05) is 0 Å². The van der Waals surface area contributed by atoms with Crippen LogP contribution >= 0.6 is 15.9 Å². The van der Waals surface area contributed by atoms with Crippen molar-refractivity contribution in [1.82, 2.24) is 5.32 Å². The predicted octanol–water partition coefficient (Wildman–Crippen LogP) is 0.779. The van der Waals surface area contributed by atoms with Crippen LogP contribution in [0.3, 0.4) is 0 Å². The number of carbonyl (C=O) groups excluding carboxylic acids is 1. The zero-order valence-corrected chi connectivity index (χ0v) is 16.2. The van der Waals surface area contributed by atoms with Crippen molar-refractivity contribution in [3.63, 3.8) is 0 Å². The maximum atomic E-state index is 11.9. The summed E-state index contributed by atoms with van der Waals surface area (Å²) in [6.45, 7) is 0.367. The van der Waals surface area contributed by atoms with E-state index in [0.29, 0.717) is 18.5 Å². The Morgan fingerprint density at radius 1 is 0.963 bits per heavy atom. The lowest BCUT2D eigenvalue weighted by Gasteiger charge is -2.22. The predicted molar refractivity (Wildman–Crippen MR) is 103 cm³/mol. The third-order valence-corrected chi connectivity index (χ3v) is 4.65. The molecule has 0 aliphatic carbocycles. The van der Waals surface area contributed by atoms with E-state index in [4.69, 9.17) is 5.73 Å². The highest BCUT2D eigenvalue weighted by atomic mass is 79.9. The van der Waals surface area contributed by atoms with Gasteiger partial charge in [0.1, 0.15) is 0 Å². The van der Waals surface area contributed by atoms with E-state index in [9.17, 15) is 25.2 Å². The van der Waals surface area contributed by atoms with Crippen LogP contribution in [-0.2, 0) is 22.9 Å². The number of nitrogens with one attached hydrogen (secondary N) is 1. The van der Waals surface area contributed by atoms with Gasteiger partial charge in [-0.3, -0.25) is 10.5 Å². The topological polar surface area (TPSA) is 136 Å². The Morgan fingerprint density at radius 2 is 1.52 bits per heavy atom. The number of benzene rings is 2. The number of rotatable bonds is 8. The summed E-state index contributed by atoms with van der Waals surface area (Å²) in [5.74, 6) is -4.73. The first-order chi connectivity index (χ1) is 12.6. The van der Waals surface area contributed by atoms with Crippen molar-refractivity contribution >= 4 is 21.8 Å². The average Bonchev–Trinajstić information content (AvgIpc) is 2.60.